The van der Waals surface area contributed by atoms with Crippen LogP contribution >= 0.6 is 0 Å². The predicted molar refractivity (Wildman–Crippen MR) is 58.9 cm³/mol. The first-order valence-corrected chi connectivity index (χ1v) is 5.11. The summed E-state index contributed by atoms with van der Waals surface area (Å²) in [7, 11) is 0. The monoisotopic (exact) mass is 274 g/mol. The first-order valence-electron chi connectivity index (χ1n) is 5.11. The Hall–Kier alpha value is -2.18. The molecule has 2 nitrogen and oxygen atoms in total. The van der Waals surface area contributed by atoms with Crippen LogP contribution in [-0.2, 0) is 6.18 Å². The molecule has 0 radical (unpaired) electrons. The van der Waals surface area contributed by atoms with E-state index in [-0.39, 0.29) is 11.4 Å². The van der Waals surface area contributed by atoms with Gasteiger partial charge in [0.05, 0.1) is 5.56 Å². The van der Waals surface area contributed by atoms with Crippen molar-refractivity contribution >= 4 is 11.4 Å². The number of nitrogens with zero attached hydrogens (tertiary/aromatic N) is 1. The molecule has 0 aliphatic heterocycles. The molecule has 2 aromatic rings. The maximum Gasteiger partial charge on any atom is 0.419 e. The Morgan fingerprint density at radius 3 is 2.26 bits per heavy atom. The van der Waals surface area contributed by atoms with Gasteiger partial charge in [-0.05, 0) is 24.3 Å². The highest BCUT2D eigenvalue weighted by molar-refractivity contribution is 5.60. The molecule has 0 atom stereocenters. The number of nitrogens with one attached hydrogen (secondary N) is 1. The second-order valence-electron chi connectivity index (χ2n) is 3.68. The zero-order valence-electron chi connectivity index (χ0n) is 9.30. The molecule has 0 spiro atoms. The second-order valence-corrected chi connectivity index (χ2v) is 3.68. The SMILES string of the molecule is Fc1cc(Nc2ccc(F)c(C(F)(F)F)c2)ccn1. The summed E-state index contributed by atoms with van der Waals surface area (Å²) in [6.45, 7) is 0. The van der Waals surface area contributed by atoms with E-state index in [2.05, 4.69) is 10.3 Å². The van der Waals surface area contributed by atoms with Crippen LogP contribution in [0.25, 0.3) is 0 Å². The Morgan fingerprint density at radius 1 is 0.947 bits per heavy atom. The van der Waals surface area contributed by atoms with Crippen LogP contribution in [0.2, 0.25) is 0 Å². The summed E-state index contributed by atoms with van der Waals surface area (Å²) in [5.74, 6) is -2.14. The molecule has 0 unspecified atom stereocenters. The quantitative estimate of drug-likeness (QED) is 0.658. The Morgan fingerprint density at radius 2 is 1.63 bits per heavy atom. The average molecular weight is 274 g/mol. The van der Waals surface area contributed by atoms with Crippen molar-refractivity contribution in [2.75, 3.05) is 5.32 Å². The molecule has 0 aliphatic carbocycles. The lowest BCUT2D eigenvalue weighted by Crippen LogP contribution is -2.08. The maximum absolute atomic E-state index is 13.1. The number of aromatic nitrogens is 1. The van der Waals surface area contributed by atoms with Gasteiger partial charge in [0.2, 0.25) is 5.95 Å². The first-order chi connectivity index (χ1) is 8.86. The zero-order valence-corrected chi connectivity index (χ0v) is 9.30. The summed E-state index contributed by atoms with van der Waals surface area (Å²) in [5, 5.41) is 2.54. The molecule has 0 aliphatic rings. The zero-order chi connectivity index (χ0) is 14.0. The minimum atomic E-state index is -4.79. The lowest BCUT2D eigenvalue weighted by molar-refractivity contribution is -0.139. The van der Waals surface area contributed by atoms with Crippen LogP contribution in [0.3, 0.4) is 0 Å². The van der Waals surface area contributed by atoms with Gasteiger partial charge in [0.25, 0.3) is 0 Å². The van der Waals surface area contributed by atoms with E-state index < -0.39 is 23.5 Å². The van der Waals surface area contributed by atoms with Crippen molar-refractivity contribution in [2.45, 2.75) is 6.18 Å². The molecule has 1 heterocycles. The number of rotatable bonds is 2. The molecule has 0 bridgehead atoms. The topological polar surface area (TPSA) is 24.9 Å². The van der Waals surface area contributed by atoms with Crippen molar-refractivity contribution in [1.82, 2.24) is 4.98 Å². The summed E-state index contributed by atoms with van der Waals surface area (Å²) in [5.41, 5.74) is -1.17. The lowest BCUT2D eigenvalue weighted by Gasteiger charge is -2.11. The van der Waals surface area contributed by atoms with Gasteiger partial charge in [0.1, 0.15) is 5.82 Å². The molecule has 19 heavy (non-hydrogen) atoms. The average Bonchev–Trinajstić information content (AvgIpc) is 2.30. The molecule has 0 saturated carbocycles. The molecule has 1 aromatic heterocycles. The Labute approximate surface area is 104 Å². The number of halogens is 5. The first kappa shape index (κ1) is 13.3. The normalized spacial score (nSPS) is 11.4. The van der Waals surface area contributed by atoms with Gasteiger partial charge in [0.15, 0.2) is 0 Å². The number of alkyl halides is 3. The van der Waals surface area contributed by atoms with E-state index in [9.17, 15) is 22.0 Å². The van der Waals surface area contributed by atoms with E-state index in [1.807, 2.05) is 0 Å². The fourth-order valence-electron chi connectivity index (χ4n) is 1.47. The number of anilines is 2. The predicted octanol–water partition coefficient (Wildman–Crippen LogP) is 4.12. The van der Waals surface area contributed by atoms with E-state index in [0.29, 0.717) is 12.1 Å². The Balaban J connectivity index is 2.32. The van der Waals surface area contributed by atoms with Crippen LogP contribution < -0.4 is 5.32 Å². The van der Waals surface area contributed by atoms with Gasteiger partial charge in [-0.25, -0.2) is 9.37 Å². The highest BCUT2D eigenvalue weighted by Crippen LogP contribution is 2.33. The van der Waals surface area contributed by atoms with Crippen molar-refractivity contribution in [2.24, 2.45) is 0 Å². The molecule has 2 rings (SSSR count). The number of benzene rings is 1. The molecule has 0 saturated heterocycles. The van der Waals surface area contributed by atoms with Gasteiger partial charge >= 0.3 is 6.18 Å². The van der Waals surface area contributed by atoms with Gasteiger partial charge in [0, 0.05) is 23.6 Å². The van der Waals surface area contributed by atoms with Gasteiger partial charge in [-0.1, -0.05) is 0 Å². The van der Waals surface area contributed by atoms with Crippen LogP contribution in [0.5, 0.6) is 0 Å². The van der Waals surface area contributed by atoms with Crippen molar-refractivity contribution in [3.63, 3.8) is 0 Å². The summed E-state index contributed by atoms with van der Waals surface area (Å²) >= 11 is 0. The second kappa shape index (κ2) is 4.83. The van der Waals surface area contributed by atoms with Gasteiger partial charge in [-0.3, -0.25) is 0 Å². The molecule has 0 amide bonds. The maximum atomic E-state index is 13.1. The van der Waals surface area contributed by atoms with Crippen LogP contribution in [0, 0.1) is 11.8 Å². The minimum absolute atomic E-state index is 0.000625. The largest absolute Gasteiger partial charge is 0.419 e. The molecule has 1 N–H and O–H groups in total. The third-order valence-corrected chi connectivity index (χ3v) is 2.29. The van der Waals surface area contributed by atoms with E-state index in [0.717, 1.165) is 18.3 Å². The molecule has 100 valence electrons. The lowest BCUT2D eigenvalue weighted by atomic mass is 10.1. The highest BCUT2D eigenvalue weighted by atomic mass is 19.4. The van der Waals surface area contributed by atoms with Crippen LogP contribution in [0.1, 0.15) is 5.56 Å². The van der Waals surface area contributed by atoms with Crippen molar-refractivity contribution in [3.8, 4) is 0 Å². The van der Waals surface area contributed by atoms with E-state index in [1.165, 1.54) is 6.07 Å². The third kappa shape index (κ3) is 3.18. The van der Waals surface area contributed by atoms with Crippen molar-refractivity contribution < 1.29 is 22.0 Å². The Bertz CT molecular complexity index is 595. The summed E-state index contributed by atoms with van der Waals surface area (Å²) in [6, 6.07) is 4.83. The fourth-order valence-corrected chi connectivity index (χ4v) is 1.47. The summed E-state index contributed by atoms with van der Waals surface area (Å²) < 4.78 is 63.3. The number of pyridine rings is 1. The molecular formula is C12H7F5N2. The standard InChI is InChI=1S/C12H7F5N2/c13-10-2-1-7(5-9(10)12(15,16)17)19-8-3-4-18-11(14)6-8/h1-6H,(H,18,19). The summed E-state index contributed by atoms with van der Waals surface area (Å²) in [4.78, 5) is 3.31. The number of hydrogen-bond acceptors (Lipinski definition) is 2. The van der Waals surface area contributed by atoms with Gasteiger partial charge < -0.3 is 5.32 Å². The van der Waals surface area contributed by atoms with Gasteiger partial charge in [-0.15, -0.1) is 0 Å². The van der Waals surface area contributed by atoms with Crippen LogP contribution in [0.4, 0.5) is 33.3 Å². The minimum Gasteiger partial charge on any atom is -0.355 e. The van der Waals surface area contributed by atoms with Crippen LogP contribution in [-0.4, -0.2) is 4.98 Å². The molecule has 7 heteroatoms. The van der Waals surface area contributed by atoms with Crippen molar-refractivity contribution in [1.29, 1.82) is 0 Å². The van der Waals surface area contributed by atoms with E-state index in [4.69, 9.17) is 0 Å². The molecule has 1 aromatic carbocycles. The van der Waals surface area contributed by atoms with Crippen LogP contribution in [0.15, 0.2) is 36.5 Å². The number of hydrogen-bond donors (Lipinski definition) is 1. The van der Waals surface area contributed by atoms with Gasteiger partial charge in [-0.2, -0.15) is 17.6 Å². The van der Waals surface area contributed by atoms with E-state index in [1.54, 1.807) is 0 Å². The van der Waals surface area contributed by atoms with E-state index >= 15 is 0 Å². The van der Waals surface area contributed by atoms with Crippen molar-refractivity contribution in [3.05, 3.63) is 53.9 Å². The Kier molecular flexibility index (Phi) is 3.37. The highest BCUT2D eigenvalue weighted by Gasteiger charge is 2.34. The smallest absolute Gasteiger partial charge is 0.355 e. The molecule has 0 fully saturated rings. The summed E-state index contributed by atoms with van der Waals surface area (Å²) in [6.07, 6.45) is -3.63. The molecular weight excluding hydrogens is 267 g/mol. The fraction of sp³-hybridized carbons (Fsp3) is 0.0833. The third-order valence-electron chi connectivity index (χ3n) is 2.29.